The monoisotopic (exact) mass is 308 g/mol. The van der Waals surface area contributed by atoms with Gasteiger partial charge in [-0.05, 0) is 67.8 Å². The van der Waals surface area contributed by atoms with Gasteiger partial charge in [0.15, 0.2) is 5.78 Å². The van der Waals surface area contributed by atoms with E-state index in [4.69, 9.17) is 0 Å². The van der Waals surface area contributed by atoms with Gasteiger partial charge in [-0.15, -0.1) is 0 Å². The zero-order chi connectivity index (χ0) is 16.8. The van der Waals surface area contributed by atoms with E-state index in [0.717, 1.165) is 16.8 Å². The van der Waals surface area contributed by atoms with Gasteiger partial charge in [0, 0.05) is 11.4 Å². The molecule has 118 valence electrons. The summed E-state index contributed by atoms with van der Waals surface area (Å²) in [6.07, 6.45) is 3.25. The summed E-state index contributed by atoms with van der Waals surface area (Å²) in [5, 5.41) is 5.58. The third kappa shape index (κ3) is 5.11. The lowest BCUT2D eigenvalue weighted by molar-refractivity contribution is -0.112. The first-order chi connectivity index (χ1) is 10.9. The zero-order valence-corrected chi connectivity index (χ0v) is 13.5. The molecular weight excluding hydrogens is 288 g/mol. The van der Waals surface area contributed by atoms with Crippen molar-refractivity contribution in [2.24, 2.45) is 0 Å². The molecule has 0 heterocycles. The van der Waals surface area contributed by atoms with Crippen LogP contribution in [-0.2, 0) is 4.79 Å². The number of urea groups is 1. The van der Waals surface area contributed by atoms with Crippen LogP contribution in [0.5, 0.6) is 0 Å². The predicted molar refractivity (Wildman–Crippen MR) is 94.7 cm³/mol. The molecule has 0 unspecified atom stereocenters. The fourth-order valence-corrected chi connectivity index (χ4v) is 2.00. The van der Waals surface area contributed by atoms with Crippen LogP contribution in [0.15, 0.2) is 48.5 Å². The van der Waals surface area contributed by atoms with Crippen LogP contribution >= 0.6 is 0 Å². The Labute approximate surface area is 136 Å². The molecule has 0 atom stereocenters. The van der Waals surface area contributed by atoms with Crippen LogP contribution in [-0.4, -0.2) is 11.8 Å². The second-order valence-corrected chi connectivity index (χ2v) is 5.44. The van der Waals surface area contributed by atoms with Crippen molar-refractivity contribution in [3.63, 3.8) is 0 Å². The van der Waals surface area contributed by atoms with Gasteiger partial charge in [0.2, 0.25) is 0 Å². The van der Waals surface area contributed by atoms with E-state index in [1.165, 1.54) is 18.6 Å². The smallest absolute Gasteiger partial charge is 0.308 e. The molecule has 0 radical (unpaired) electrons. The van der Waals surface area contributed by atoms with Gasteiger partial charge in [-0.1, -0.05) is 24.3 Å². The summed E-state index contributed by atoms with van der Waals surface area (Å²) < 4.78 is 0. The number of carbonyl (C=O) groups excluding carboxylic acids is 2. The summed E-state index contributed by atoms with van der Waals surface area (Å²) >= 11 is 0. The van der Waals surface area contributed by atoms with Crippen LogP contribution in [0.25, 0.3) is 6.08 Å². The van der Waals surface area contributed by atoms with Crippen molar-refractivity contribution in [1.82, 2.24) is 0 Å². The topological polar surface area (TPSA) is 58.2 Å². The van der Waals surface area contributed by atoms with Crippen molar-refractivity contribution in [2.45, 2.75) is 20.8 Å². The number of carbonyl (C=O) groups is 2. The third-order valence-corrected chi connectivity index (χ3v) is 3.44. The quantitative estimate of drug-likeness (QED) is 0.814. The summed E-state index contributed by atoms with van der Waals surface area (Å²) in [6.45, 7) is 5.54. The van der Waals surface area contributed by atoms with Gasteiger partial charge in [-0.3, -0.25) is 4.79 Å². The van der Waals surface area contributed by atoms with Crippen LogP contribution in [0.4, 0.5) is 16.2 Å². The Morgan fingerprint density at radius 2 is 1.48 bits per heavy atom. The Morgan fingerprint density at radius 1 is 0.870 bits per heavy atom. The number of hydrogen-bond donors (Lipinski definition) is 2. The largest absolute Gasteiger partial charge is 0.323 e. The number of allylic oxidation sites excluding steroid dienone is 1. The van der Waals surface area contributed by atoms with Crippen LogP contribution in [0.2, 0.25) is 0 Å². The third-order valence-electron chi connectivity index (χ3n) is 3.44. The highest BCUT2D eigenvalue weighted by Gasteiger charge is 2.03. The van der Waals surface area contributed by atoms with Gasteiger partial charge in [0.1, 0.15) is 0 Å². The fraction of sp³-hybridized carbons (Fsp3) is 0.158. The van der Waals surface area contributed by atoms with Gasteiger partial charge >= 0.3 is 6.03 Å². The number of ketones is 1. The van der Waals surface area contributed by atoms with E-state index in [0.29, 0.717) is 5.69 Å². The molecule has 0 aliphatic rings. The van der Waals surface area contributed by atoms with Gasteiger partial charge in [-0.25, -0.2) is 4.79 Å². The SMILES string of the molecule is CC(=O)/C=C/c1ccc(NC(=O)Nc2ccc(C)c(C)c2)cc1. The Morgan fingerprint density at radius 3 is 2.09 bits per heavy atom. The highest BCUT2D eigenvalue weighted by molar-refractivity contribution is 5.99. The molecule has 2 aromatic carbocycles. The maximum absolute atomic E-state index is 12.0. The average molecular weight is 308 g/mol. The summed E-state index contributed by atoms with van der Waals surface area (Å²) in [6, 6.07) is 12.7. The molecule has 2 aromatic rings. The molecule has 0 fully saturated rings. The summed E-state index contributed by atoms with van der Waals surface area (Å²) in [7, 11) is 0. The van der Waals surface area contributed by atoms with Gasteiger partial charge in [-0.2, -0.15) is 0 Å². The highest BCUT2D eigenvalue weighted by Crippen LogP contribution is 2.15. The minimum atomic E-state index is -0.291. The molecule has 2 amide bonds. The normalized spacial score (nSPS) is 10.6. The Bertz CT molecular complexity index is 746. The second kappa shape index (κ2) is 7.40. The van der Waals surface area contributed by atoms with E-state index in [1.807, 2.05) is 44.2 Å². The van der Waals surface area contributed by atoms with Crippen LogP contribution in [0, 0.1) is 13.8 Å². The van der Waals surface area contributed by atoms with E-state index < -0.39 is 0 Å². The highest BCUT2D eigenvalue weighted by atomic mass is 16.2. The van der Waals surface area contributed by atoms with Gasteiger partial charge in [0.05, 0.1) is 0 Å². The minimum Gasteiger partial charge on any atom is -0.308 e. The molecular formula is C19H20N2O2. The lowest BCUT2D eigenvalue weighted by Crippen LogP contribution is -2.19. The maximum Gasteiger partial charge on any atom is 0.323 e. The first-order valence-corrected chi connectivity index (χ1v) is 7.38. The van der Waals surface area contributed by atoms with E-state index >= 15 is 0 Å². The summed E-state index contributed by atoms with van der Waals surface area (Å²) in [4.78, 5) is 22.9. The zero-order valence-electron chi connectivity index (χ0n) is 13.5. The second-order valence-electron chi connectivity index (χ2n) is 5.44. The number of benzene rings is 2. The predicted octanol–water partition coefficient (Wildman–Crippen LogP) is 4.55. The number of hydrogen-bond acceptors (Lipinski definition) is 2. The number of nitrogens with one attached hydrogen (secondary N) is 2. The molecule has 2 N–H and O–H groups in total. The van der Waals surface area contributed by atoms with E-state index in [9.17, 15) is 9.59 Å². The van der Waals surface area contributed by atoms with E-state index in [2.05, 4.69) is 10.6 Å². The Kier molecular flexibility index (Phi) is 5.31. The molecule has 0 spiro atoms. The minimum absolute atomic E-state index is 0.0000272. The number of amides is 2. The molecule has 0 aliphatic heterocycles. The van der Waals surface area contributed by atoms with Crippen molar-refractivity contribution in [2.75, 3.05) is 10.6 Å². The molecule has 2 rings (SSSR count). The van der Waals surface area contributed by atoms with Crippen LogP contribution < -0.4 is 10.6 Å². The van der Waals surface area contributed by atoms with Crippen LogP contribution in [0.1, 0.15) is 23.6 Å². The molecule has 0 aliphatic carbocycles. The first-order valence-electron chi connectivity index (χ1n) is 7.38. The molecule has 23 heavy (non-hydrogen) atoms. The number of anilines is 2. The Hall–Kier alpha value is -2.88. The molecule has 0 saturated heterocycles. The van der Waals surface area contributed by atoms with Crippen molar-refractivity contribution >= 4 is 29.3 Å². The van der Waals surface area contributed by atoms with Crippen molar-refractivity contribution in [3.05, 3.63) is 65.2 Å². The standard InChI is InChI=1S/C19H20N2O2/c1-13-4-9-18(12-14(13)2)21-19(23)20-17-10-7-16(8-11-17)6-5-15(3)22/h4-12H,1-3H3,(H2,20,21,23)/b6-5+. The maximum atomic E-state index is 12.0. The fourth-order valence-electron chi connectivity index (χ4n) is 2.00. The van der Waals surface area contributed by atoms with E-state index in [1.54, 1.807) is 18.2 Å². The molecule has 0 bridgehead atoms. The van der Waals surface area contributed by atoms with Crippen molar-refractivity contribution in [3.8, 4) is 0 Å². The Balaban J connectivity index is 1.97. The molecule has 4 heteroatoms. The average Bonchev–Trinajstić information content (AvgIpc) is 2.50. The first kappa shape index (κ1) is 16.5. The van der Waals surface area contributed by atoms with Gasteiger partial charge < -0.3 is 10.6 Å². The summed E-state index contributed by atoms with van der Waals surface area (Å²) in [5.74, 6) is -0.0000272. The van der Waals surface area contributed by atoms with Crippen LogP contribution in [0.3, 0.4) is 0 Å². The summed E-state index contributed by atoms with van der Waals surface area (Å²) in [5.41, 5.74) is 4.66. The van der Waals surface area contributed by atoms with Gasteiger partial charge in [0.25, 0.3) is 0 Å². The van der Waals surface area contributed by atoms with Crippen molar-refractivity contribution in [1.29, 1.82) is 0 Å². The lowest BCUT2D eigenvalue weighted by atomic mass is 10.1. The van der Waals surface area contributed by atoms with Crippen molar-refractivity contribution < 1.29 is 9.59 Å². The molecule has 0 saturated carbocycles. The molecule has 0 aromatic heterocycles. The number of rotatable bonds is 4. The van der Waals surface area contributed by atoms with E-state index in [-0.39, 0.29) is 11.8 Å². The lowest BCUT2D eigenvalue weighted by Gasteiger charge is -2.09. The number of aryl methyl sites for hydroxylation is 2. The molecule has 4 nitrogen and oxygen atoms in total.